The Morgan fingerprint density at radius 2 is 2.07 bits per heavy atom. The molecule has 1 aromatic rings. The van der Waals surface area contributed by atoms with Gasteiger partial charge in [0.2, 0.25) is 5.91 Å². The van der Waals surface area contributed by atoms with Crippen LogP contribution >= 0.6 is 0 Å². The summed E-state index contributed by atoms with van der Waals surface area (Å²) in [6.45, 7) is 1.66. The third kappa shape index (κ3) is 1.63. The molecule has 1 aromatic carbocycles. The van der Waals surface area contributed by atoms with Crippen molar-refractivity contribution < 1.29 is 4.79 Å². The van der Waals surface area contributed by atoms with Gasteiger partial charge in [-0.2, -0.15) is 0 Å². The first-order chi connectivity index (χ1) is 6.79. The van der Waals surface area contributed by atoms with E-state index in [1.54, 1.807) is 0 Å². The highest BCUT2D eigenvalue weighted by Gasteiger charge is 2.27. The lowest BCUT2D eigenvalue weighted by Gasteiger charge is -2.31. The molecule has 1 amide bonds. The Morgan fingerprint density at radius 3 is 2.71 bits per heavy atom. The first kappa shape index (κ1) is 9.21. The van der Waals surface area contributed by atoms with Crippen molar-refractivity contribution in [2.24, 2.45) is 0 Å². The molecule has 1 atom stereocenters. The number of hydrogen-bond donors (Lipinski definition) is 1. The molecule has 14 heavy (non-hydrogen) atoms. The Kier molecular flexibility index (Phi) is 2.50. The van der Waals surface area contributed by atoms with E-state index < -0.39 is 0 Å². The van der Waals surface area contributed by atoms with Crippen LogP contribution in [0.4, 0.5) is 0 Å². The fraction of sp³-hybridized carbons (Fsp3) is 0.364. The molecule has 0 spiro atoms. The first-order valence-electron chi connectivity index (χ1n) is 4.82. The number of nitrogens with one attached hydrogen (secondary N) is 1. The molecule has 0 bridgehead atoms. The number of carbonyl (C=O) groups is 1. The molecule has 74 valence electrons. The van der Waals surface area contributed by atoms with E-state index in [2.05, 4.69) is 10.2 Å². The van der Waals surface area contributed by atoms with Gasteiger partial charge in [0.1, 0.15) is 6.04 Å². The van der Waals surface area contributed by atoms with E-state index in [1.165, 1.54) is 0 Å². The van der Waals surface area contributed by atoms with Gasteiger partial charge in [-0.3, -0.25) is 9.69 Å². The van der Waals surface area contributed by atoms with Crippen molar-refractivity contribution in [3.8, 4) is 0 Å². The predicted molar refractivity (Wildman–Crippen MR) is 54.8 cm³/mol. The Balaban J connectivity index is 2.27. The number of piperazine rings is 1. The minimum Gasteiger partial charge on any atom is -0.353 e. The van der Waals surface area contributed by atoms with Crippen molar-refractivity contribution in [3.63, 3.8) is 0 Å². The maximum absolute atomic E-state index is 11.7. The van der Waals surface area contributed by atoms with Gasteiger partial charge in [-0.25, -0.2) is 0 Å². The van der Waals surface area contributed by atoms with E-state index in [-0.39, 0.29) is 11.9 Å². The highest BCUT2D eigenvalue weighted by molar-refractivity contribution is 5.83. The molecule has 0 saturated carbocycles. The molecule has 0 radical (unpaired) electrons. The maximum Gasteiger partial charge on any atom is 0.241 e. The number of benzene rings is 1. The fourth-order valence-corrected chi connectivity index (χ4v) is 1.82. The van der Waals surface area contributed by atoms with E-state index >= 15 is 0 Å². The van der Waals surface area contributed by atoms with Gasteiger partial charge in [-0.15, -0.1) is 0 Å². The summed E-state index contributed by atoms with van der Waals surface area (Å²) in [6, 6.07) is 9.75. The Bertz CT molecular complexity index is 323. The minimum atomic E-state index is -0.120. The molecule has 3 nitrogen and oxygen atoms in total. The monoisotopic (exact) mass is 190 g/mol. The predicted octanol–water partition coefficient (Wildman–Crippen LogP) is 0.789. The molecule has 2 rings (SSSR count). The molecule has 1 aliphatic rings. The van der Waals surface area contributed by atoms with Crippen LogP contribution in [0, 0.1) is 0 Å². The minimum absolute atomic E-state index is 0.102. The van der Waals surface area contributed by atoms with Gasteiger partial charge in [0.05, 0.1) is 0 Å². The van der Waals surface area contributed by atoms with Gasteiger partial charge in [-0.1, -0.05) is 30.3 Å². The SMILES string of the molecule is CN1CCNC(=O)[C@H]1c1ccccc1. The molecule has 1 N–H and O–H groups in total. The van der Waals surface area contributed by atoms with Gasteiger partial charge in [0.15, 0.2) is 0 Å². The summed E-state index contributed by atoms with van der Waals surface area (Å²) in [4.78, 5) is 13.7. The smallest absolute Gasteiger partial charge is 0.241 e. The number of rotatable bonds is 1. The van der Waals surface area contributed by atoms with Crippen LogP contribution < -0.4 is 5.32 Å². The van der Waals surface area contributed by atoms with Crippen molar-refractivity contribution in [2.75, 3.05) is 20.1 Å². The number of amides is 1. The molecule has 0 aliphatic carbocycles. The zero-order chi connectivity index (χ0) is 9.97. The van der Waals surface area contributed by atoms with Crippen LogP contribution in [0.15, 0.2) is 30.3 Å². The summed E-state index contributed by atoms with van der Waals surface area (Å²) >= 11 is 0. The fourth-order valence-electron chi connectivity index (χ4n) is 1.82. The van der Waals surface area contributed by atoms with E-state index in [4.69, 9.17) is 0 Å². The number of nitrogens with zero attached hydrogens (tertiary/aromatic N) is 1. The van der Waals surface area contributed by atoms with Gasteiger partial charge >= 0.3 is 0 Å². The molecular weight excluding hydrogens is 176 g/mol. The Labute approximate surface area is 83.7 Å². The van der Waals surface area contributed by atoms with Crippen LogP contribution in [-0.2, 0) is 4.79 Å². The molecule has 1 fully saturated rings. The molecule has 3 heteroatoms. The van der Waals surface area contributed by atoms with Crippen LogP contribution in [0.2, 0.25) is 0 Å². The van der Waals surface area contributed by atoms with Crippen molar-refractivity contribution in [1.29, 1.82) is 0 Å². The lowest BCUT2D eigenvalue weighted by atomic mass is 10.0. The van der Waals surface area contributed by atoms with Gasteiger partial charge < -0.3 is 5.32 Å². The van der Waals surface area contributed by atoms with Crippen LogP contribution in [0.25, 0.3) is 0 Å². The van der Waals surface area contributed by atoms with Crippen molar-refractivity contribution in [1.82, 2.24) is 10.2 Å². The second-order valence-corrected chi connectivity index (χ2v) is 3.58. The molecule has 0 aromatic heterocycles. The van der Waals surface area contributed by atoms with Crippen LogP contribution in [0.5, 0.6) is 0 Å². The zero-order valence-electron chi connectivity index (χ0n) is 8.23. The largest absolute Gasteiger partial charge is 0.353 e. The van der Waals surface area contributed by atoms with Crippen molar-refractivity contribution >= 4 is 5.91 Å². The van der Waals surface area contributed by atoms with Crippen molar-refractivity contribution in [3.05, 3.63) is 35.9 Å². The second-order valence-electron chi connectivity index (χ2n) is 3.58. The zero-order valence-corrected chi connectivity index (χ0v) is 8.23. The summed E-state index contributed by atoms with van der Waals surface area (Å²) in [7, 11) is 1.98. The van der Waals surface area contributed by atoms with E-state index in [0.717, 1.165) is 18.7 Å². The van der Waals surface area contributed by atoms with E-state index in [9.17, 15) is 4.79 Å². The standard InChI is InChI=1S/C11H14N2O/c1-13-8-7-12-11(14)10(13)9-5-3-2-4-6-9/h2-6,10H,7-8H2,1H3,(H,12,14)/t10-/m1/s1. The molecular formula is C11H14N2O. The summed E-state index contributed by atoms with van der Waals surface area (Å²) in [5, 5.41) is 2.88. The number of hydrogen-bond acceptors (Lipinski definition) is 2. The van der Waals surface area contributed by atoms with Gasteiger partial charge in [0, 0.05) is 13.1 Å². The lowest BCUT2D eigenvalue weighted by Crippen LogP contribution is -2.48. The summed E-state index contributed by atoms with van der Waals surface area (Å²) in [5.41, 5.74) is 1.06. The molecule has 1 aliphatic heterocycles. The third-order valence-electron chi connectivity index (χ3n) is 2.57. The highest BCUT2D eigenvalue weighted by Crippen LogP contribution is 2.20. The summed E-state index contributed by atoms with van der Waals surface area (Å²) in [5.74, 6) is 0.102. The van der Waals surface area contributed by atoms with Crippen LogP contribution in [0.3, 0.4) is 0 Å². The van der Waals surface area contributed by atoms with Crippen molar-refractivity contribution in [2.45, 2.75) is 6.04 Å². The van der Waals surface area contributed by atoms with Crippen LogP contribution in [-0.4, -0.2) is 30.9 Å². The van der Waals surface area contributed by atoms with Gasteiger partial charge in [-0.05, 0) is 12.6 Å². The van der Waals surface area contributed by atoms with Crippen LogP contribution in [0.1, 0.15) is 11.6 Å². The summed E-state index contributed by atoms with van der Waals surface area (Å²) in [6.07, 6.45) is 0. The topological polar surface area (TPSA) is 32.3 Å². The molecule has 1 saturated heterocycles. The average Bonchev–Trinajstić information content (AvgIpc) is 2.19. The average molecular weight is 190 g/mol. The van der Waals surface area contributed by atoms with E-state index in [0.29, 0.717) is 0 Å². The van der Waals surface area contributed by atoms with Gasteiger partial charge in [0.25, 0.3) is 0 Å². The highest BCUT2D eigenvalue weighted by atomic mass is 16.2. The number of likely N-dealkylation sites (N-methyl/N-ethyl adjacent to an activating group) is 1. The number of carbonyl (C=O) groups excluding carboxylic acids is 1. The normalized spacial score (nSPS) is 23.2. The lowest BCUT2D eigenvalue weighted by molar-refractivity contribution is -0.128. The quantitative estimate of drug-likeness (QED) is 0.710. The summed E-state index contributed by atoms with van der Waals surface area (Å²) < 4.78 is 0. The maximum atomic E-state index is 11.7. The molecule has 1 heterocycles. The first-order valence-corrected chi connectivity index (χ1v) is 4.82. The second kappa shape index (κ2) is 3.80. The Morgan fingerprint density at radius 1 is 1.36 bits per heavy atom. The van der Waals surface area contributed by atoms with E-state index in [1.807, 2.05) is 37.4 Å². The Hall–Kier alpha value is -1.35. The third-order valence-corrected chi connectivity index (χ3v) is 2.57. The molecule has 0 unspecified atom stereocenters.